The number of aryl methyl sites for hydroxylation is 1. The molecular formula is C16H11BrO2. The smallest absolute Gasteiger partial charge is 0.231 e. The molecule has 0 fully saturated rings. The largest absolute Gasteiger partial charge is 0.452 e. The second-order valence-electron chi connectivity index (χ2n) is 4.49. The van der Waals surface area contributed by atoms with E-state index in [0.29, 0.717) is 17.1 Å². The fourth-order valence-corrected chi connectivity index (χ4v) is 2.27. The van der Waals surface area contributed by atoms with Crippen LogP contribution >= 0.6 is 15.9 Å². The van der Waals surface area contributed by atoms with Crippen molar-refractivity contribution in [3.63, 3.8) is 0 Å². The molecule has 1 heterocycles. The molecule has 3 rings (SSSR count). The lowest BCUT2D eigenvalue weighted by atomic mass is 10.1. The highest BCUT2D eigenvalue weighted by molar-refractivity contribution is 9.10. The van der Waals surface area contributed by atoms with Gasteiger partial charge in [0.1, 0.15) is 5.75 Å². The predicted molar refractivity (Wildman–Crippen MR) is 78.3 cm³/mol. The molecule has 3 heteroatoms. The number of carbonyl (C=O) groups excluding carboxylic acids is 1. The zero-order chi connectivity index (χ0) is 13.4. The van der Waals surface area contributed by atoms with E-state index in [1.165, 1.54) is 0 Å². The number of hydrogen-bond donors (Lipinski definition) is 0. The van der Waals surface area contributed by atoms with Gasteiger partial charge in [0.05, 0.1) is 5.56 Å². The van der Waals surface area contributed by atoms with Crippen LogP contribution in [0.3, 0.4) is 0 Å². The van der Waals surface area contributed by atoms with Gasteiger partial charge in [0, 0.05) is 4.47 Å². The second-order valence-corrected chi connectivity index (χ2v) is 5.41. The molecule has 0 unspecified atom stereocenters. The van der Waals surface area contributed by atoms with Crippen molar-refractivity contribution in [2.45, 2.75) is 6.92 Å². The molecular weight excluding hydrogens is 304 g/mol. The molecule has 0 aromatic heterocycles. The molecule has 0 aliphatic carbocycles. The van der Waals surface area contributed by atoms with Crippen molar-refractivity contribution < 1.29 is 9.53 Å². The van der Waals surface area contributed by atoms with Gasteiger partial charge in [0.25, 0.3) is 0 Å². The molecule has 0 saturated heterocycles. The lowest BCUT2D eigenvalue weighted by Gasteiger charge is -1.99. The van der Waals surface area contributed by atoms with Crippen LogP contribution in [-0.2, 0) is 0 Å². The van der Waals surface area contributed by atoms with Crippen LogP contribution in [0, 0.1) is 6.92 Å². The molecule has 19 heavy (non-hydrogen) atoms. The lowest BCUT2D eigenvalue weighted by molar-refractivity contribution is 0.101. The Labute approximate surface area is 119 Å². The highest BCUT2D eigenvalue weighted by Gasteiger charge is 2.26. The lowest BCUT2D eigenvalue weighted by Crippen LogP contribution is -1.97. The minimum absolute atomic E-state index is 0.0575. The Morgan fingerprint density at radius 3 is 2.58 bits per heavy atom. The van der Waals surface area contributed by atoms with Gasteiger partial charge in [0.15, 0.2) is 5.76 Å². The Bertz CT molecular complexity index is 684. The second kappa shape index (κ2) is 4.67. The fraction of sp³-hybridized carbons (Fsp3) is 0.0625. The number of benzene rings is 2. The van der Waals surface area contributed by atoms with Crippen molar-refractivity contribution in [1.29, 1.82) is 0 Å². The van der Waals surface area contributed by atoms with Gasteiger partial charge in [-0.1, -0.05) is 34.1 Å². The van der Waals surface area contributed by atoms with Crippen LogP contribution in [0.1, 0.15) is 21.5 Å². The van der Waals surface area contributed by atoms with E-state index in [0.717, 1.165) is 15.6 Å². The average Bonchev–Trinajstić information content (AvgIpc) is 2.68. The van der Waals surface area contributed by atoms with E-state index in [2.05, 4.69) is 15.9 Å². The Hall–Kier alpha value is -1.87. The maximum Gasteiger partial charge on any atom is 0.231 e. The number of fused-ring (bicyclic) bond motifs is 1. The summed E-state index contributed by atoms with van der Waals surface area (Å²) < 4.78 is 6.64. The van der Waals surface area contributed by atoms with E-state index >= 15 is 0 Å². The Morgan fingerprint density at radius 1 is 1.11 bits per heavy atom. The standard InChI is InChI=1S/C16H11BrO2/c1-10-2-7-13-14(8-10)19-15(16(13)18)9-11-3-5-12(17)6-4-11/h2-9H,1H3/b15-9-. The number of ether oxygens (including phenoxy) is 1. The first-order chi connectivity index (χ1) is 9.13. The number of carbonyl (C=O) groups is 1. The first-order valence-corrected chi connectivity index (χ1v) is 6.73. The van der Waals surface area contributed by atoms with Gasteiger partial charge >= 0.3 is 0 Å². The topological polar surface area (TPSA) is 26.3 Å². The summed E-state index contributed by atoms with van der Waals surface area (Å²) in [6, 6.07) is 13.4. The molecule has 0 atom stereocenters. The quantitative estimate of drug-likeness (QED) is 0.730. The molecule has 2 aromatic carbocycles. The summed E-state index contributed by atoms with van der Waals surface area (Å²) >= 11 is 3.38. The first kappa shape index (κ1) is 12.2. The summed E-state index contributed by atoms with van der Waals surface area (Å²) in [6.07, 6.45) is 1.77. The number of hydrogen-bond acceptors (Lipinski definition) is 2. The molecule has 0 bridgehead atoms. The minimum atomic E-state index is -0.0575. The van der Waals surface area contributed by atoms with Crippen LogP contribution in [0.2, 0.25) is 0 Å². The third-order valence-corrected chi connectivity index (χ3v) is 3.52. The molecule has 0 amide bonds. The number of ketones is 1. The van der Waals surface area contributed by atoms with Crippen molar-refractivity contribution >= 4 is 27.8 Å². The summed E-state index contributed by atoms with van der Waals surface area (Å²) in [5.74, 6) is 0.967. The highest BCUT2D eigenvalue weighted by Crippen LogP contribution is 2.32. The van der Waals surface area contributed by atoms with Crippen molar-refractivity contribution in [3.05, 3.63) is 69.4 Å². The minimum Gasteiger partial charge on any atom is -0.452 e. The molecule has 94 valence electrons. The van der Waals surface area contributed by atoms with Crippen LogP contribution in [-0.4, -0.2) is 5.78 Å². The monoisotopic (exact) mass is 314 g/mol. The van der Waals surface area contributed by atoms with Crippen LogP contribution in [0.15, 0.2) is 52.7 Å². The molecule has 1 aliphatic rings. The van der Waals surface area contributed by atoms with Gasteiger partial charge in [-0.05, 0) is 48.4 Å². The normalized spacial score (nSPS) is 15.5. The average molecular weight is 315 g/mol. The van der Waals surface area contributed by atoms with E-state index in [1.54, 1.807) is 6.08 Å². The third kappa shape index (κ3) is 2.34. The molecule has 2 nitrogen and oxygen atoms in total. The zero-order valence-corrected chi connectivity index (χ0v) is 11.9. The Kier molecular flexibility index (Phi) is 2.99. The molecule has 0 radical (unpaired) electrons. The van der Waals surface area contributed by atoms with Gasteiger partial charge in [0.2, 0.25) is 5.78 Å². The highest BCUT2D eigenvalue weighted by atomic mass is 79.9. The number of Topliss-reactive ketones (excluding diaryl/α,β-unsaturated/α-hetero) is 1. The number of rotatable bonds is 1. The molecule has 2 aromatic rings. The van der Waals surface area contributed by atoms with E-state index in [1.807, 2.05) is 49.4 Å². The SMILES string of the molecule is Cc1ccc2c(c1)O/C(=C\c1ccc(Br)cc1)C2=O. The first-order valence-electron chi connectivity index (χ1n) is 5.94. The Balaban J connectivity index is 1.97. The summed E-state index contributed by atoms with van der Waals surface area (Å²) in [5, 5.41) is 0. The van der Waals surface area contributed by atoms with Gasteiger partial charge in [-0.2, -0.15) is 0 Å². The van der Waals surface area contributed by atoms with E-state index in [-0.39, 0.29) is 5.78 Å². The van der Waals surface area contributed by atoms with Crippen LogP contribution in [0.4, 0.5) is 0 Å². The van der Waals surface area contributed by atoms with Crippen molar-refractivity contribution in [3.8, 4) is 5.75 Å². The summed E-state index contributed by atoms with van der Waals surface area (Å²) in [6.45, 7) is 1.98. The molecule has 0 saturated carbocycles. The van der Waals surface area contributed by atoms with E-state index in [4.69, 9.17) is 4.74 Å². The van der Waals surface area contributed by atoms with Crippen molar-refractivity contribution in [1.82, 2.24) is 0 Å². The van der Waals surface area contributed by atoms with E-state index < -0.39 is 0 Å². The summed E-state index contributed by atoms with van der Waals surface area (Å²) in [4.78, 5) is 12.2. The molecule has 0 N–H and O–H groups in total. The molecule has 1 aliphatic heterocycles. The van der Waals surface area contributed by atoms with Gasteiger partial charge in [-0.3, -0.25) is 4.79 Å². The van der Waals surface area contributed by atoms with Gasteiger partial charge in [-0.15, -0.1) is 0 Å². The fourth-order valence-electron chi connectivity index (χ4n) is 2.00. The van der Waals surface area contributed by atoms with Crippen LogP contribution < -0.4 is 4.74 Å². The summed E-state index contributed by atoms with van der Waals surface area (Å²) in [7, 11) is 0. The molecule has 0 spiro atoms. The van der Waals surface area contributed by atoms with Gasteiger partial charge < -0.3 is 4.74 Å². The maximum absolute atomic E-state index is 12.2. The maximum atomic E-state index is 12.2. The van der Waals surface area contributed by atoms with Crippen LogP contribution in [0.25, 0.3) is 6.08 Å². The van der Waals surface area contributed by atoms with Crippen molar-refractivity contribution in [2.75, 3.05) is 0 Å². The van der Waals surface area contributed by atoms with Crippen LogP contribution in [0.5, 0.6) is 5.75 Å². The van der Waals surface area contributed by atoms with E-state index in [9.17, 15) is 4.79 Å². The zero-order valence-electron chi connectivity index (χ0n) is 10.3. The number of allylic oxidation sites excluding steroid dienone is 1. The predicted octanol–water partition coefficient (Wildman–Crippen LogP) is 4.37. The van der Waals surface area contributed by atoms with Gasteiger partial charge in [-0.25, -0.2) is 0 Å². The van der Waals surface area contributed by atoms with Crippen molar-refractivity contribution in [2.24, 2.45) is 0 Å². The Morgan fingerprint density at radius 2 is 1.84 bits per heavy atom. The number of halogens is 1. The third-order valence-electron chi connectivity index (χ3n) is 2.99. The summed E-state index contributed by atoms with van der Waals surface area (Å²) in [5.41, 5.74) is 2.65.